The number of hydrogen-bond donors (Lipinski definition) is 2. The Balaban J connectivity index is 1.69. The molecule has 166 valence electrons. The summed E-state index contributed by atoms with van der Waals surface area (Å²) in [5, 5.41) is 13.5. The molecule has 0 radical (unpaired) electrons. The van der Waals surface area contributed by atoms with E-state index in [-0.39, 0.29) is 22.7 Å². The van der Waals surface area contributed by atoms with Crippen LogP contribution < -0.4 is 10.9 Å². The number of nitrogens with zero attached hydrogens (tertiary/aromatic N) is 2. The van der Waals surface area contributed by atoms with Crippen molar-refractivity contribution in [2.24, 2.45) is 0 Å². The number of hydrogen-bond acceptors (Lipinski definition) is 5. The first kappa shape index (κ1) is 22.0. The summed E-state index contributed by atoms with van der Waals surface area (Å²) in [4.78, 5) is 41.5. The van der Waals surface area contributed by atoms with E-state index in [9.17, 15) is 14.4 Å². The molecule has 7 nitrogen and oxygen atoms in total. The first-order chi connectivity index (χ1) is 15.5. The summed E-state index contributed by atoms with van der Waals surface area (Å²) >= 11 is 1.15. The van der Waals surface area contributed by atoms with Gasteiger partial charge < -0.3 is 9.67 Å². The number of carboxylic acid groups (broad SMARTS) is 1. The van der Waals surface area contributed by atoms with E-state index in [0.29, 0.717) is 12.2 Å². The molecular weight excluding hydrogens is 426 g/mol. The maximum absolute atomic E-state index is 13.4. The van der Waals surface area contributed by atoms with Gasteiger partial charge in [0, 0.05) is 11.1 Å². The molecule has 0 atom stereocenters. The molecule has 0 saturated heterocycles. The van der Waals surface area contributed by atoms with E-state index in [1.807, 2.05) is 30.3 Å². The van der Waals surface area contributed by atoms with Crippen molar-refractivity contribution in [3.8, 4) is 0 Å². The van der Waals surface area contributed by atoms with Crippen molar-refractivity contribution in [2.45, 2.75) is 51.5 Å². The minimum absolute atomic E-state index is 0.0928. The normalized spacial score (nSPS) is 13.6. The van der Waals surface area contributed by atoms with Gasteiger partial charge in [0.25, 0.3) is 11.5 Å². The molecule has 0 fully saturated rings. The minimum atomic E-state index is -0.987. The number of aryl methyl sites for hydroxylation is 1. The summed E-state index contributed by atoms with van der Waals surface area (Å²) in [5.74, 6) is -1.50. The van der Waals surface area contributed by atoms with Crippen molar-refractivity contribution in [1.82, 2.24) is 9.55 Å². The highest BCUT2D eigenvalue weighted by Gasteiger charge is 2.21. The van der Waals surface area contributed by atoms with Crippen molar-refractivity contribution in [1.29, 1.82) is 0 Å². The number of rotatable bonds is 6. The second-order valence-electron chi connectivity index (χ2n) is 7.99. The van der Waals surface area contributed by atoms with Gasteiger partial charge in [-0.1, -0.05) is 43.2 Å². The molecule has 2 aromatic heterocycles. The number of aromatic nitrogens is 2. The molecule has 1 aliphatic carbocycles. The van der Waals surface area contributed by atoms with E-state index >= 15 is 0 Å². The van der Waals surface area contributed by atoms with Crippen LogP contribution in [0.4, 0.5) is 5.13 Å². The van der Waals surface area contributed by atoms with E-state index < -0.39 is 11.9 Å². The maximum atomic E-state index is 13.4. The van der Waals surface area contributed by atoms with Crippen LogP contribution in [0.25, 0.3) is 0 Å². The lowest BCUT2D eigenvalue weighted by molar-refractivity contribution is -0.136. The SMILES string of the molecule is O=C(O)Cc1csc(NC(=O)c2cc3c(n(Cc4ccccc4)c2=O)CCCCCC3)n1. The Hall–Kier alpha value is -3.26. The zero-order valence-corrected chi connectivity index (χ0v) is 18.5. The van der Waals surface area contributed by atoms with Crippen molar-refractivity contribution < 1.29 is 14.7 Å². The number of aliphatic carboxylic acids is 1. The van der Waals surface area contributed by atoms with Gasteiger partial charge in [-0.2, -0.15) is 0 Å². The molecule has 1 amide bonds. The summed E-state index contributed by atoms with van der Waals surface area (Å²) in [7, 11) is 0. The van der Waals surface area contributed by atoms with Gasteiger partial charge in [0.1, 0.15) is 5.56 Å². The lowest BCUT2D eigenvalue weighted by Crippen LogP contribution is -2.33. The van der Waals surface area contributed by atoms with Gasteiger partial charge in [-0.25, -0.2) is 4.98 Å². The van der Waals surface area contributed by atoms with Crippen LogP contribution in [0.1, 0.15) is 58.6 Å². The molecule has 32 heavy (non-hydrogen) atoms. The number of pyridine rings is 1. The summed E-state index contributed by atoms with van der Waals surface area (Å²) in [5.41, 5.74) is 3.24. The summed E-state index contributed by atoms with van der Waals surface area (Å²) in [6, 6.07) is 11.5. The average Bonchev–Trinajstić information content (AvgIpc) is 3.17. The molecule has 4 rings (SSSR count). The highest BCUT2D eigenvalue weighted by molar-refractivity contribution is 7.14. The van der Waals surface area contributed by atoms with Crippen LogP contribution in [0, 0.1) is 0 Å². The number of amides is 1. The van der Waals surface area contributed by atoms with Crippen molar-refractivity contribution >= 4 is 28.3 Å². The molecular formula is C24H25N3O4S. The Labute approximate surface area is 189 Å². The van der Waals surface area contributed by atoms with Crippen LogP contribution >= 0.6 is 11.3 Å². The van der Waals surface area contributed by atoms with E-state index in [1.54, 1.807) is 16.0 Å². The monoisotopic (exact) mass is 451 g/mol. The fraction of sp³-hybridized carbons (Fsp3) is 0.333. The third-order valence-corrected chi connectivity index (χ3v) is 6.44. The Kier molecular flexibility index (Phi) is 6.80. The molecule has 2 N–H and O–H groups in total. The van der Waals surface area contributed by atoms with Gasteiger partial charge in [-0.05, 0) is 42.9 Å². The van der Waals surface area contributed by atoms with Gasteiger partial charge in [0.2, 0.25) is 0 Å². The van der Waals surface area contributed by atoms with Crippen LogP contribution in [0.2, 0.25) is 0 Å². The lowest BCUT2D eigenvalue weighted by Gasteiger charge is -2.21. The average molecular weight is 452 g/mol. The number of thiazole rings is 1. The standard InChI is InChI=1S/C24H25N3O4S/c28-21(29)13-18-15-32-24(25-18)26-22(30)19-12-17-10-6-1-2-7-11-20(17)27(23(19)31)14-16-8-4-3-5-9-16/h3-5,8-9,12,15H,1-2,6-7,10-11,13-14H2,(H,28,29)(H,25,26,30). The lowest BCUT2D eigenvalue weighted by atomic mass is 9.95. The maximum Gasteiger partial charge on any atom is 0.309 e. The molecule has 0 bridgehead atoms. The largest absolute Gasteiger partial charge is 0.481 e. The van der Waals surface area contributed by atoms with E-state index in [1.165, 1.54) is 0 Å². The predicted molar refractivity (Wildman–Crippen MR) is 124 cm³/mol. The summed E-state index contributed by atoms with van der Waals surface area (Å²) in [6.07, 6.45) is 5.79. The third kappa shape index (κ3) is 5.13. The topological polar surface area (TPSA) is 101 Å². The molecule has 0 saturated carbocycles. The third-order valence-electron chi connectivity index (χ3n) is 5.63. The van der Waals surface area contributed by atoms with Crippen LogP contribution in [-0.2, 0) is 30.6 Å². The smallest absolute Gasteiger partial charge is 0.309 e. The zero-order chi connectivity index (χ0) is 22.5. The first-order valence-corrected chi connectivity index (χ1v) is 11.7. The zero-order valence-electron chi connectivity index (χ0n) is 17.7. The Morgan fingerprint density at radius 3 is 2.59 bits per heavy atom. The number of carbonyl (C=O) groups excluding carboxylic acids is 1. The van der Waals surface area contributed by atoms with Gasteiger partial charge in [0.05, 0.1) is 18.7 Å². The van der Waals surface area contributed by atoms with Crippen molar-refractivity contribution in [2.75, 3.05) is 5.32 Å². The molecule has 0 aliphatic heterocycles. The quantitative estimate of drug-likeness (QED) is 0.592. The number of benzene rings is 1. The van der Waals surface area contributed by atoms with Gasteiger partial charge >= 0.3 is 5.97 Å². The molecule has 1 aromatic carbocycles. The van der Waals surface area contributed by atoms with Crippen LogP contribution in [0.15, 0.2) is 46.6 Å². The second-order valence-corrected chi connectivity index (χ2v) is 8.85. The van der Waals surface area contributed by atoms with Crippen molar-refractivity contribution in [3.63, 3.8) is 0 Å². The van der Waals surface area contributed by atoms with E-state index in [2.05, 4.69) is 10.3 Å². The number of anilines is 1. The Bertz CT molecular complexity index is 1180. The van der Waals surface area contributed by atoms with E-state index in [4.69, 9.17) is 5.11 Å². The molecule has 0 unspecified atom stereocenters. The predicted octanol–water partition coefficient (Wildman–Crippen LogP) is 3.89. The molecule has 0 spiro atoms. The fourth-order valence-corrected chi connectivity index (χ4v) is 4.80. The molecule has 3 aromatic rings. The number of carboxylic acids is 1. The molecule has 8 heteroatoms. The fourth-order valence-electron chi connectivity index (χ4n) is 4.09. The van der Waals surface area contributed by atoms with Crippen molar-refractivity contribution in [3.05, 3.63) is 80.2 Å². The first-order valence-electron chi connectivity index (χ1n) is 10.8. The van der Waals surface area contributed by atoms with Gasteiger partial charge in [0.15, 0.2) is 5.13 Å². The Morgan fingerprint density at radius 1 is 1.09 bits per heavy atom. The molecule has 1 aliphatic rings. The summed E-state index contributed by atoms with van der Waals surface area (Å²) < 4.78 is 1.75. The summed E-state index contributed by atoms with van der Waals surface area (Å²) in [6.45, 7) is 0.420. The Morgan fingerprint density at radius 2 is 1.84 bits per heavy atom. The van der Waals surface area contributed by atoms with Gasteiger partial charge in [-0.3, -0.25) is 19.7 Å². The van der Waals surface area contributed by atoms with Crippen LogP contribution in [0.3, 0.4) is 0 Å². The highest BCUT2D eigenvalue weighted by Crippen LogP contribution is 2.22. The van der Waals surface area contributed by atoms with Crippen LogP contribution in [0.5, 0.6) is 0 Å². The minimum Gasteiger partial charge on any atom is -0.481 e. The number of nitrogens with one attached hydrogen (secondary N) is 1. The van der Waals surface area contributed by atoms with Gasteiger partial charge in [-0.15, -0.1) is 11.3 Å². The van der Waals surface area contributed by atoms with E-state index in [0.717, 1.165) is 66.7 Å². The van der Waals surface area contributed by atoms with Crippen LogP contribution in [-0.4, -0.2) is 26.5 Å². The second kappa shape index (κ2) is 9.91. The number of carbonyl (C=O) groups is 2. The highest BCUT2D eigenvalue weighted by atomic mass is 32.1. The molecule has 2 heterocycles. The number of fused-ring (bicyclic) bond motifs is 1.